The summed E-state index contributed by atoms with van der Waals surface area (Å²) in [5, 5.41) is 8.31. The van der Waals surface area contributed by atoms with Gasteiger partial charge in [0.25, 0.3) is 0 Å². The minimum atomic E-state index is -0.872. The molecule has 0 heterocycles. The molecule has 0 aromatic rings. The van der Waals surface area contributed by atoms with Crippen molar-refractivity contribution in [3.05, 3.63) is 12.2 Å². The summed E-state index contributed by atoms with van der Waals surface area (Å²) in [6.45, 7) is 5.42. The van der Waals surface area contributed by atoms with Crippen molar-refractivity contribution in [2.24, 2.45) is 0 Å². The molecule has 0 rings (SSSR count). The van der Waals surface area contributed by atoms with Gasteiger partial charge >= 0.3 is 35.5 Å². The second kappa shape index (κ2) is 7.32. The maximum atomic E-state index is 10.1. The molecule has 0 bridgehead atoms. The summed E-state index contributed by atoms with van der Waals surface area (Å²) in [5.41, 5.74) is 0.317. The molecule has 0 saturated carbocycles. The number of carbonyl (C=O) groups is 1. The Hall–Kier alpha value is 0.210. The van der Waals surface area contributed by atoms with Crippen LogP contribution in [0, 0.1) is 0 Å². The Kier molecular flexibility index (Phi) is 9.40. The molecule has 0 aliphatic heterocycles. The number of carboxylic acid groups (broad SMARTS) is 1. The van der Waals surface area contributed by atoms with Crippen molar-refractivity contribution in [3.63, 3.8) is 0 Å². The molecule has 0 unspecified atom stereocenters. The monoisotopic (exact) mass is 152 g/mol. The summed E-state index contributed by atoms with van der Waals surface area (Å²) < 4.78 is 0. The zero-order chi connectivity index (χ0) is 7.28. The van der Waals surface area contributed by atoms with Gasteiger partial charge in [0.1, 0.15) is 0 Å². The molecule has 0 atom stereocenters. The van der Waals surface area contributed by atoms with Crippen molar-refractivity contribution in [2.75, 3.05) is 0 Å². The van der Waals surface area contributed by atoms with Crippen LogP contribution in [0.2, 0.25) is 0 Å². The molecule has 54 valence electrons. The van der Waals surface area contributed by atoms with E-state index in [-0.39, 0.29) is 29.6 Å². The quantitative estimate of drug-likeness (QED) is 0.485. The number of carboxylic acids is 1. The van der Waals surface area contributed by atoms with Crippen LogP contribution in [0.4, 0.5) is 0 Å². The van der Waals surface area contributed by atoms with Crippen LogP contribution in [-0.4, -0.2) is 40.6 Å². The van der Waals surface area contributed by atoms with E-state index in [1.165, 1.54) is 0 Å². The first-order chi connectivity index (χ1) is 4.18. The summed E-state index contributed by atoms with van der Waals surface area (Å²) in [6.07, 6.45) is 2.56. The molecular weight excluding hydrogens is 139 g/mol. The average Bonchev–Trinajstić information content (AvgIpc) is 1.82. The second-order valence-corrected chi connectivity index (χ2v) is 2.01. The van der Waals surface area contributed by atoms with Crippen LogP contribution >= 0.6 is 0 Å². The normalized spacial score (nSPS) is 8.10. The summed E-state index contributed by atoms with van der Waals surface area (Å²) in [7, 11) is 0. The topological polar surface area (TPSA) is 37.3 Å². The van der Waals surface area contributed by atoms with E-state index in [9.17, 15) is 4.79 Å². The van der Waals surface area contributed by atoms with Gasteiger partial charge in [-0.05, 0) is 12.8 Å². The van der Waals surface area contributed by atoms with Crippen molar-refractivity contribution >= 4 is 35.5 Å². The van der Waals surface area contributed by atoms with Gasteiger partial charge in [-0.2, -0.15) is 0 Å². The Bertz CT molecular complexity index is 121. The van der Waals surface area contributed by atoms with Gasteiger partial charge in [-0.1, -0.05) is 19.9 Å². The molecule has 0 aliphatic carbocycles. The van der Waals surface area contributed by atoms with E-state index in [0.29, 0.717) is 12.0 Å². The zero-order valence-electron chi connectivity index (χ0n) is 5.68. The van der Waals surface area contributed by atoms with Crippen molar-refractivity contribution in [3.8, 4) is 0 Å². The van der Waals surface area contributed by atoms with Crippen LogP contribution < -0.4 is 0 Å². The Labute approximate surface area is 83.6 Å². The van der Waals surface area contributed by atoms with E-state index in [1.807, 2.05) is 6.92 Å². The molecule has 0 radical (unpaired) electrons. The van der Waals surface area contributed by atoms with E-state index >= 15 is 0 Å². The summed E-state index contributed by atoms with van der Waals surface area (Å²) in [5.74, 6) is -0.872. The van der Waals surface area contributed by atoms with Crippen molar-refractivity contribution < 1.29 is 9.90 Å². The van der Waals surface area contributed by atoms with Crippen molar-refractivity contribution in [1.29, 1.82) is 0 Å². The Balaban J connectivity index is 0. The predicted molar refractivity (Wildman–Crippen MR) is 43.4 cm³/mol. The second-order valence-electron chi connectivity index (χ2n) is 2.01. The number of aliphatic carboxylic acids is 1. The van der Waals surface area contributed by atoms with E-state index in [0.717, 1.165) is 12.8 Å². The molecule has 1 N–H and O–H groups in total. The van der Waals surface area contributed by atoms with Gasteiger partial charge in [-0.25, -0.2) is 4.79 Å². The summed E-state index contributed by atoms with van der Waals surface area (Å²) >= 11 is 0. The molecular formula is C7H13NaO2. The molecule has 0 fully saturated rings. The fourth-order valence-corrected chi connectivity index (χ4v) is 0.497. The van der Waals surface area contributed by atoms with E-state index in [4.69, 9.17) is 5.11 Å². The van der Waals surface area contributed by atoms with Crippen molar-refractivity contribution in [2.45, 2.75) is 26.2 Å². The maximum absolute atomic E-state index is 10.1. The third-order valence-electron chi connectivity index (χ3n) is 1.13. The van der Waals surface area contributed by atoms with Gasteiger partial charge in [-0.15, -0.1) is 0 Å². The van der Waals surface area contributed by atoms with Gasteiger partial charge < -0.3 is 5.11 Å². The fraction of sp³-hybridized carbons (Fsp3) is 0.571. The van der Waals surface area contributed by atoms with Crippen LogP contribution in [0.3, 0.4) is 0 Å². The molecule has 0 aromatic heterocycles. The van der Waals surface area contributed by atoms with Crippen LogP contribution in [0.5, 0.6) is 0 Å². The number of rotatable bonds is 4. The van der Waals surface area contributed by atoms with E-state index in [1.54, 1.807) is 0 Å². The third-order valence-corrected chi connectivity index (χ3v) is 1.13. The average molecular weight is 152 g/mol. The summed E-state index contributed by atoms with van der Waals surface area (Å²) in [4.78, 5) is 10.1. The Morgan fingerprint density at radius 3 is 2.40 bits per heavy atom. The third kappa shape index (κ3) is 6.33. The van der Waals surface area contributed by atoms with Crippen LogP contribution in [0.15, 0.2) is 12.2 Å². The van der Waals surface area contributed by atoms with Crippen molar-refractivity contribution in [1.82, 2.24) is 0 Å². The first-order valence-electron chi connectivity index (χ1n) is 3.09. The molecule has 0 spiro atoms. The van der Waals surface area contributed by atoms with Gasteiger partial charge in [0, 0.05) is 5.57 Å². The molecule has 0 saturated heterocycles. The molecule has 3 heteroatoms. The first-order valence-corrected chi connectivity index (χ1v) is 3.09. The molecule has 0 aliphatic rings. The summed E-state index contributed by atoms with van der Waals surface area (Å²) in [6, 6.07) is 0. The van der Waals surface area contributed by atoms with Gasteiger partial charge in [-0.3, -0.25) is 0 Å². The van der Waals surface area contributed by atoms with Crippen LogP contribution in [-0.2, 0) is 4.79 Å². The SMILES string of the molecule is C=C(CCCC)C(=O)O.[NaH]. The fourth-order valence-electron chi connectivity index (χ4n) is 0.497. The zero-order valence-corrected chi connectivity index (χ0v) is 5.68. The first kappa shape index (κ1) is 12.8. The van der Waals surface area contributed by atoms with Gasteiger partial charge in [0.05, 0.1) is 0 Å². The standard InChI is InChI=1S/C7H12O2.Na.H/c1-3-4-5-6(2)7(8)9;;/h2-5H2,1H3,(H,8,9);;. The predicted octanol–water partition coefficient (Wildman–Crippen LogP) is 1.17. The minimum absolute atomic E-state index is 0. The molecule has 10 heavy (non-hydrogen) atoms. The molecule has 2 nitrogen and oxygen atoms in total. The van der Waals surface area contributed by atoms with Crippen LogP contribution in [0.25, 0.3) is 0 Å². The molecule has 0 aromatic carbocycles. The molecule has 0 amide bonds. The number of hydrogen-bond donors (Lipinski definition) is 1. The van der Waals surface area contributed by atoms with E-state index in [2.05, 4.69) is 6.58 Å². The van der Waals surface area contributed by atoms with Gasteiger partial charge in [0.15, 0.2) is 0 Å². The van der Waals surface area contributed by atoms with Gasteiger partial charge in [0.2, 0.25) is 0 Å². The van der Waals surface area contributed by atoms with Crippen LogP contribution in [0.1, 0.15) is 26.2 Å². The Morgan fingerprint density at radius 2 is 2.10 bits per heavy atom. The number of hydrogen-bond acceptors (Lipinski definition) is 1. The van der Waals surface area contributed by atoms with E-state index < -0.39 is 5.97 Å². The Morgan fingerprint density at radius 1 is 1.60 bits per heavy atom. The number of unbranched alkanes of at least 4 members (excludes halogenated alkanes) is 1.